The number of methoxy groups -OCH3 is 1. The average Bonchev–Trinajstić information content (AvgIpc) is 2.47. The van der Waals surface area contributed by atoms with E-state index in [2.05, 4.69) is 18.8 Å². The molecule has 0 saturated carbocycles. The van der Waals surface area contributed by atoms with Crippen molar-refractivity contribution in [2.75, 3.05) is 33.4 Å². The third-order valence-corrected chi connectivity index (χ3v) is 2.80. The molecule has 0 unspecified atom stereocenters. The maximum atomic E-state index is 12.6. The number of hydrogen-bond acceptors (Lipinski definition) is 4. The molecule has 1 aromatic heterocycles. The van der Waals surface area contributed by atoms with Crippen molar-refractivity contribution >= 4 is 5.91 Å². The summed E-state index contributed by atoms with van der Waals surface area (Å²) >= 11 is 0. The predicted octanol–water partition coefficient (Wildman–Crippen LogP) is 2.37. The Balaban J connectivity index is 2.84. The fourth-order valence-corrected chi connectivity index (χ4v) is 1.92. The monoisotopic (exact) mass is 280 g/mol. The second-order valence-corrected chi connectivity index (χ2v) is 4.49. The average molecular weight is 280 g/mol. The van der Waals surface area contributed by atoms with Gasteiger partial charge in [0.25, 0.3) is 5.91 Å². The normalized spacial score (nSPS) is 10.3. The lowest BCUT2D eigenvalue weighted by molar-refractivity contribution is 0.0747. The first-order chi connectivity index (χ1) is 9.74. The van der Waals surface area contributed by atoms with Crippen LogP contribution in [0.1, 0.15) is 37.0 Å². The predicted molar refractivity (Wildman–Crippen MR) is 78.1 cm³/mol. The Morgan fingerprint density at radius 2 is 1.95 bits per heavy atom. The molecule has 112 valence electrons. The molecule has 0 aromatic carbocycles. The summed E-state index contributed by atoms with van der Waals surface area (Å²) in [6.07, 6.45) is 3.50. The summed E-state index contributed by atoms with van der Waals surface area (Å²) in [4.78, 5) is 18.5. The molecule has 0 N–H and O–H groups in total. The van der Waals surface area contributed by atoms with Gasteiger partial charge in [-0.2, -0.15) is 0 Å². The van der Waals surface area contributed by atoms with Crippen LogP contribution in [0.25, 0.3) is 0 Å². The standard InChI is InChI=1S/C15H24N2O3/c1-4-9-17(10-5-2)15(18)13-7-6-8-16-14(13)20-12-11-19-3/h6-8H,4-5,9-12H2,1-3H3. The number of carbonyl (C=O) groups excluding carboxylic acids is 1. The van der Waals surface area contributed by atoms with Gasteiger partial charge in [-0.25, -0.2) is 4.98 Å². The second kappa shape index (κ2) is 9.31. The summed E-state index contributed by atoms with van der Waals surface area (Å²) in [5.41, 5.74) is 0.519. The van der Waals surface area contributed by atoms with E-state index in [-0.39, 0.29) is 5.91 Å². The first-order valence-corrected chi connectivity index (χ1v) is 7.10. The molecular weight excluding hydrogens is 256 g/mol. The van der Waals surface area contributed by atoms with E-state index in [1.165, 1.54) is 0 Å². The van der Waals surface area contributed by atoms with E-state index < -0.39 is 0 Å². The van der Waals surface area contributed by atoms with E-state index in [0.29, 0.717) is 24.7 Å². The zero-order valence-electron chi connectivity index (χ0n) is 12.6. The van der Waals surface area contributed by atoms with Gasteiger partial charge in [0.05, 0.1) is 6.61 Å². The van der Waals surface area contributed by atoms with Crippen LogP contribution in [0.3, 0.4) is 0 Å². The van der Waals surface area contributed by atoms with Crippen molar-refractivity contribution in [2.24, 2.45) is 0 Å². The van der Waals surface area contributed by atoms with Crippen LogP contribution in [0.4, 0.5) is 0 Å². The Morgan fingerprint density at radius 3 is 2.55 bits per heavy atom. The molecule has 1 heterocycles. The third kappa shape index (κ3) is 4.81. The van der Waals surface area contributed by atoms with E-state index >= 15 is 0 Å². The topological polar surface area (TPSA) is 51.7 Å². The highest BCUT2D eigenvalue weighted by molar-refractivity contribution is 5.96. The lowest BCUT2D eigenvalue weighted by Crippen LogP contribution is -2.33. The van der Waals surface area contributed by atoms with Crippen LogP contribution >= 0.6 is 0 Å². The number of nitrogens with zero attached hydrogens (tertiary/aromatic N) is 2. The van der Waals surface area contributed by atoms with E-state index in [0.717, 1.165) is 25.9 Å². The summed E-state index contributed by atoms with van der Waals surface area (Å²) < 4.78 is 10.5. The molecule has 1 rings (SSSR count). The molecule has 0 fully saturated rings. The van der Waals surface area contributed by atoms with Gasteiger partial charge < -0.3 is 14.4 Å². The van der Waals surface area contributed by atoms with E-state index in [1.54, 1.807) is 25.4 Å². The van der Waals surface area contributed by atoms with Crippen LogP contribution in [0.2, 0.25) is 0 Å². The van der Waals surface area contributed by atoms with Crippen LogP contribution in [0, 0.1) is 0 Å². The van der Waals surface area contributed by atoms with Crippen LogP contribution in [0.5, 0.6) is 5.88 Å². The van der Waals surface area contributed by atoms with Crippen molar-refractivity contribution in [1.82, 2.24) is 9.88 Å². The van der Waals surface area contributed by atoms with Crippen LogP contribution in [-0.2, 0) is 4.74 Å². The molecule has 1 aromatic rings. The summed E-state index contributed by atoms with van der Waals surface area (Å²) in [6.45, 7) is 6.48. The van der Waals surface area contributed by atoms with E-state index in [4.69, 9.17) is 9.47 Å². The molecule has 0 radical (unpaired) electrons. The Morgan fingerprint density at radius 1 is 1.25 bits per heavy atom. The maximum absolute atomic E-state index is 12.6. The molecule has 1 amide bonds. The summed E-state index contributed by atoms with van der Waals surface area (Å²) in [5, 5.41) is 0. The Kier molecular flexibility index (Phi) is 7.65. The molecule has 20 heavy (non-hydrogen) atoms. The number of aromatic nitrogens is 1. The largest absolute Gasteiger partial charge is 0.475 e. The van der Waals surface area contributed by atoms with Gasteiger partial charge in [0, 0.05) is 26.4 Å². The van der Waals surface area contributed by atoms with Gasteiger partial charge in [0.2, 0.25) is 5.88 Å². The molecule has 5 nitrogen and oxygen atoms in total. The fourth-order valence-electron chi connectivity index (χ4n) is 1.92. The third-order valence-electron chi connectivity index (χ3n) is 2.80. The molecule has 0 aliphatic heterocycles. The van der Waals surface area contributed by atoms with Gasteiger partial charge in [0.1, 0.15) is 12.2 Å². The summed E-state index contributed by atoms with van der Waals surface area (Å²) in [6, 6.07) is 3.52. The number of pyridine rings is 1. The lowest BCUT2D eigenvalue weighted by Gasteiger charge is -2.22. The highest BCUT2D eigenvalue weighted by Crippen LogP contribution is 2.17. The van der Waals surface area contributed by atoms with Crippen LogP contribution in [-0.4, -0.2) is 49.2 Å². The Hall–Kier alpha value is -1.62. The van der Waals surface area contributed by atoms with Crippen molar-refractivity contribution in [3.63, 3.8) is 0 Å². The molecule has 0 aliphatic carbocycles. The Bertz CT molecular complexity index is 404. The van der Waals surface area contributed by atoms with Gasteiger partial charge in [-0.1, -0.05) is 13.8 Å². The highest BCUT2D eigenvalue weighted by atomic mass is 16.5. The quantitative estimate of drug-likeness (QED) is 0.652. The first-order valence-electron chi connectivity index (χ1n) is 7.10. The number of amides is 1. The SMILES string of the molecule is CCCN(CCC)C(=O)c1cccnc1OCCOC. The molecule has 0 saturated heterocycles. The molecule has 5 heteroatoms. The smallest absolute Gasteiger partial charge is 0.259 e. The van der Waals surface area contributed by atoms with Crippen molar-refractivity contribution < 1.29 is 14.3 Å². The molecule has 0 aliphatic rings. The lowest BCUT2D eigenvalue weighted by atomic mass is 10.2. The minimum absolute atomic E-state index is 0.0192. The zero-order valence-corrected chi connectivity index (χ0v) is 12.6. The number of hydrogen-bond donors (Lipinski definition) is 0. The molecule has 0 bridgehead atoms. The van der Waals surface area contributed by atoms with E-state index in [1.807, 2.05) is 4.90 Å². The fraction of sp³-hybridized carbons (Fsp3) is 0.600. The van der Waals surface area contributed by atoms with Crippen LogP contribution < -0.4 is 4.74 Å². The number of carbonyl (C=O) groups is 1. The van der Waals surface area contributed by atoms with Gasteiger partial charge >= 0.3 is 0 Å². The second-order valence-electron chi connectivity index (χ2n) is 4.49. The van der Waals surface area contributed by atoms with Gasteiger partial charge in [0.15, 0.2) is 0 Å². The van der Waals surface area contributed by atoms with Crippen molar-refractivity contribution in [1.29, 1.82) is 0 Å². The molecule has 0 atom stereocenters. The molecular formula is C15H24N2O3. The van der Waals surface area contributed by atoms with Crippen molar-refractivity contribution in [3.05, 3.63) is 23.9 Å². The minimum Gasteiger partial charge on any atom is -0.475 e. The van der Waals surface area contributed by atoms with Crippen LogP contribution in [0.15, 0.2) is 18.3 Å². The summed E-state index contributed by atoms with van der Waals surface area (Å²) in [7, 11) is 1.61. The van der Waals surface area contributed by atoms with Gasteiger partial charge in [-0.05, 0) is 25.0 Å². The Labute approximate surface area is 120 Å². The van der Waals surface area contributed by atoms with Crippen molar-refractivity contribution in [3.8, 4) is 5.88 Å². The summed E-state index contributed by atoms with van der Waals surface area (Å²) in [5.74, 6) is 0.362. The van der Waals surface area contributed by atoms with E-state index in [9.17, 15) is 4.79 Å². The van der Waals surface area contributed by atoms with Crippen molar-refractivity contribution in [2.45, 2.75) is 26.7 Å². The number of rotatable bonds is 9. The highest BCUT2D eigenvalue weighted by Gasteiger charge is 2.19. The first kappa shape index (κ1) is 16.4. The van der Waals surface area contributed by atoms with Gasteiger partial charge in [-0.3, -0.25) is 4.79 Å². The maximum Gasteiger partial charge on any atom is 0.259 e. The zero-order chi connectivity index (χ0) is 14.8. The van der Waals surface area contributed by atoms with Gasteiger partial charge in [-0.15, -0.1) is 0 Å². The number of ether oxygens (including phenoxy) is 2. The minimum atomic E-state index is -0.0192. The molecule has 0 spiro atoms.